The molecule has 2 rings (SSSR count). The molecule has 7 heteroatoms. The predicted octanol–water partition coefficient (Wildman–Crippen LogP) is -0.338. The first-order valence-electron chi connectivity index (χ1n) is 5.66. The van der Waals surface area contributed by atoms with Gasteiger partial charge in [-0.15, -0.1) is 0 Å². The Balaban J connectivity index is 1.81. The van der Waals surface area contributed by atoms with Gasteiger partial charge in [-0.25, -0.2) is 0 Å². The summed E-state index contributed by atoms with van der Waals surface area (Å²) in [6.07, 6.45) is 2.35. The van der Waals surface area contributed by atoms with Gasteiger partial charge < -0.3 is 9.63 Å². The second-order valence-corrected chi connectivity index (χ2v) is 4.13. The van der Waals surface area contributed by atoms with Crippen LogP contribution >= 0.6 is 0 Å². The molecule has 1 aliphatic heterocycles. The molecule has 0 aliphatic carbocycles. The number of carboxylic acids is 1. The number of aromatic nitrogens is 2. The molecule has 0 radical (unpaired) electrons. The summed E-state index contributed by atoms with van der Waals surface area (Å²) in [7, 11) is 0. The summed E-state index contributed by atoms with van der Waals surface area (Å²) in [5.41, 5.74) is 0. The van der Waals surface area contributed by atoms with E-state index >= 15 is 0 Å². The maximum atomic E-state index is 10.6. The van der Waals surface area contributed by atoms with E-state index in [0.29, 0.717) is 12.4 Å². The van der Waals surface area contributed by atoms with Crippen LogP contribution in [0.25, 0.3) is 0 Å². The van der Waals surface area contributed by atoms with Crippen molar-refractivity contribution in [2.24, 2.45) is 0 Å². The first-order valence-corrected chi connectivity index (χ1v) is 5.66. The van der Waals surface area contributed by atoms with Crippen molar-refractivity contribution < 1.29 is 14.4 Å². The third-order valence-electron chi connectivity index (χ3n) is 2.81. The number of rotatable bonds is 4. The Kier molecular flexibility index (Phi) is 4.05. The molecular weight excluding hydrogens is 224 g/mol. The summed E-state index contributed by atoms with van der Waals surface area (Å²) >= 11 is 0. The van der Waals surface area contributed by atoms with Crippen molar-refractivity contribution in [1.82, 2.24) is 19.9 Å². The highest BCUT2D eigenvalue weighted by atomic mass is 16.5. The molecule has 1 N–H and O–H groups in total. The molecule has 17 heavy (non-hydrogen) atoms. The van der Waals surface area contributed by atoms with Crippen LogP contribution in [0.2, 0.25) is 0 Å². The van der Waals surface area contributed by atoms with Crippen LogP contribution in [0.5, 0.6) is 0 Å². The Labute approximate surface area is 99.0 Å². The van der Waals surface area contributed by atoms with E-state index in [1.54, 1.807) is 0 Å². The summed E-state index contributed by atoms with van der Waals surface area (Å²) in [6, 6.07) is 0. The highest BCUT2D eigenvalue weighted by molar-refractivity contribution is 5.69. The molecule has 7 nitrogen and oxygen atoms in total. The molecule has 0 amide bonds. The number of carbonyl (C=O) groups is 1. The quantitative estimate of drug-likeness (QED) is 0.771. The number of aliphatic carboxylic acids is 1. The standard InChI is InChI=1S/C10H16N4O3/c15-10(16)7-14-3-1-2-13(4-5-14)6-9-11-8-12-17-9/h8H,1-7H2,(H,15,16). The van der Waals surface area contributed by atoms with Gasteiger partial charge in [0.25, 0.3) is 0 Å². The minimum absolute atomic E-state index is 0.119. The fraction of sp³-hybridized carbons (Fsp3) is 0.700. The molecule has 1 aliphatic rings. The van der Waals surface area contributed by atoms with Crippen LogP contribution < -0.4 is 0 Å². The van der Waals surface area contributed by atoms with Crippen molar-refractivity contribution >= 4 is 5.97 Å². The molecule has 0 spiro atoms. The molecule has 1 fully saturated rings. The normalized spacial score (nSPS) is 19.1. The largest absolute Gasteiger partial charge is 0.480 e. The topological polar surface area (TPSA) is 82.7 Å². The molecule has 0 atom stereocenters. The average Bonchev–Trinajstić information content (AvgIpc) is 2.68. The van der Waals surface area contributed by atoms with E-state index in [9.17, 15) is 4.79 Å². The summed E-state index contributed by atoms with van der Waals surface area (Å²) in [5, 5.41) is 12.3. The van der Waals surface area contributed by atoms with Gasteiger partial charge in [-0.2, -0.15) is 4.98 Å². The van der Waals surface area contributed by atoms with Crippen LogP contribution in [0.3, 0.4) is 0 Å². The maximum absolute atomic E-state index is 10.6. The lowest BCUT2D eigenvalue weighted by Gasteiger charge is -2.18. The van der Waals surface area contributed by atoms with Crippen molar-refractivity contribution in [1.29, 1.82) is 0 Å². The second-order valence-electron chi connectivity index (χ2n) is 4.13. The first kappa shape index (κ1) is 12.0. The minimum Gasteiger partial charge on any atom is -0.480 e. The van der Waals surface area contributed by atoms with Crippen molar-refractivity contribution in [3.8, 4) is 0 Å². The van der Waals surface area contributed by atoms with Crippen LogP contribution in [0.4, 0.5) is 0 Å². The second kappa shape index (κ2) is 5.74. The lowest BCUT2D eigenvalue weighted by molar-refractivity contribution is -0.138. The lowest BCUT2D eigenvalue weighted by atomic mass is 10.4. The summed E-state index contributed by atoms with van der Waals surface area (Å²) in [4.78, 5) is 18.8. The van der Waals surface area contributed by atoms with E-state index in [0.717, 1.165) is 32.6 Å². The molecular formula is C10H16N4O3. The van der Waals surface area contributed by atoms with Crippen LogP contribution in [-0.2, 0) is 11.3 Å². The molecule has 2 heterocycles. The highest BCUT2D eigenvalue weighted by Gasteiger charge is 2.17. The summed E-state index contributed by atoms with van der Waals surface area (Å²) in [6.45, 7) is 4.11. The highest BCUT2D eigenvalue weighted by Crippen LogP contribution is 2.06. The molecule has 1 saturated heterocycles. The molecule has 0 aromatic carbocycles. The Hall–Kier alpha value is -1.47. The molecule has 0 saturated carbocycles. The van der Waals surface area contributed by atoms with Gasteiger partial charge >= 0.3 is 5.97 Å². The SMILES string of the molecule is O=C(O)CN1CCCN(Cc2ncno2)CC1. The lowest BCUT2D eigenvalue weighted by Crippen LogP contribution is -2.34. The van der Waals surface area contributed by atoms with Gasteiger partial charge in [0.05, 0.1) is 13.1 Å². The fourth-order valence-corrected chi connectivity index (χ4v) is 1.99. The van der Waals surface area contributed by atoms with Crippen LogP contribution in [-0.4, -0.2) is 63.7 Å². The summed E-state index contributed by atoms with van der Waals surface area (Å²) in [5.74, 6) is -0.160. The van der Waals surface area contributed by atoms with Gasteiger partial charge in [-0.1, -0.05) is 5.16 Å². The molecule has 94 valence electrons. The van der Waals surface area contributed by atoms with Gasteiger partial charge in [-0.05, 0) is 13.0 Å². The third-order valence-corrected chi connectivity index (χ3v) is 2.81. The Morgan fingerprint density at radius 1 is 1.35 bits per heavy atom. The number of hydrogen-bond acceptors (Lipinski definition) is 6. The van der Waals surface area contributed by atoms with E-state index in [4.69, 9.17) is 9.63 Å². The van der Waals surface area contributed by atoms with Crippen molar-refractivity contribution in [3.05, 3.63) is 12.2 Å². The van der Waals surface area contributed by atoms with Crippen LogP contribution in [0, 0.1) is 0 Å². The van der Waals surface area contributed by atoms with Crippen molar-refractivity contribution in [2.75, 3.05) is 32.7 Å². The number of carboxylic acid groups (broad SMARTS) is 1. The van der Waals surface area contributed by atoms with Crippen LogP contribution in [0.1, 0.15) is 12.3 Å². The zero-order chi connectivity index (χ0) is 12.1. The first-order chi connectivity index (χ1) is 8.24. The monoisotopic (exact) mass is 240 g/mol. The maximum Gasteiger partial charge on any atom is 0.317 e. The van der Waals surface area contributed by atoms with E-state index in [1.165, 1.54) is 6.33 Å². The molecule has 0 unspecified atom stereocenters. The Morgan fingerprint density at radius 2 is 2.12 bits per heavy atom. The van der Waals surface area contributed by atoms with Gasteiger partial charge in [0.2, 0.25) is 5.89 Å². The van der Waals surface area contributed by atoms with E-state index < -0.39 is 5.97 Å². The van der Waals surface area contributed by atoms with E-state index in [-0.39, 0.29) is 6.54 Å². The third kappa shape index (κ3) is 3.79. The zero-order valence-electron chi connectivity index (χ0n) is 9.58. The van der Waals surface area contributed by atoms with E-state index in [1.807, 2.05) is 4.90 Å². The average molecular weight is 240 g/mol. The smallest absolute Gasteiger partial charge is 0.317 e. The molecule has 1 aromatic heterocycles. The number of nitrogens with zero attached hydrogens (tertiary/aromatic N) is 4. The molecule has 1 aromatic rings. The van der Waals surface area contributed by atoms with Crippen LogP contribution in [0.15, 0.2) is 10.9 Å². The zero-order valence-corrected chi connectivity index (χ0v) is 9.58. The predicted molar refractivity (Wildman–Crippen MR) is 58.3 cm³/mol. The van der Waals surface area contributed by atoms with Crippen molar-refractivity contribution in [2.45, 2.75) is 13.0 Å². The van der Waals surface area contributed by atoms with E-state index in [2.05, 4.69) is 15.0 Å². The Morgan fingerprint density at radius 3 is 2.82 bits per heavy atom. The molecule has 0 bridgehead atoms. The van der Waals surface area contributed by atoms with Gasteiger partial charge in [-0.3, -0.25) is 14.6 Å². The van der Waals surface area contributed by atoms with Gasteiger partial charge in [0.1, 0.15) is 0 Å². The Bertz CT molecular complexity index is 354. The minimum atomic E-state index is -0.768. The fourth-order valence-electron chi connectivity index (χ4n) is 1.99. The van der Waals surface area contributed by atoms with Gasteiger partial charge in [0, 0.05) is 19.6 Å². The van der Waals surface area contributed by atoms with Crippen molar-refractivity contribution in [3.63, 3.8) is 0 Å². The van der Waals surface area contributed by atoms with Gasteiger partial charge in [0.15, 0.2) is 6.33 Å². The summed E-state index contributed by atoms with van der Waals surface area (Å²) < 4.78 is 4.96. The number of hydrogen-bond donors (Lipinski definition) is 1.